The molecule has 0 saturated carbocycles. The Hall–Kier alpha value is -1.84. The minimum absolute atomic E-state index is 0. The van der Waals surface area contributed by atoms with Gasteiger partial charge in [-0.25, -0.2) is 0 Å². The molecule has 2 aromatic carbocycles. The van der Waals surface area contributed by atoms with Gasteiger partial charge in [0.25, 0.3) is 0 Å². The fraction of sp³-hybridized carbons (Fsp3) is 0.350. The van der Waals surface area contributed by atoms with Crippen LogP contribution in [0.2, 0.25) is 0 Å². The Kier molecular flexibility index (Phi) is 6.41. The van der Waals surface area contributed by atoms with Gasteiger partial charge in [-0.2, -0.15) is 0 Å². The monoisotopic (exact) mass is 344 g/mol. The molecule has 0 saturated heterocycles. The summed E-state index contributed by atoms with van der Waals surface area (Å²) in [5.74, 6) is 0.162. The Labute approximate surface area is 150 Å². The number of hydrogen-bond donors (Lipinski definition) is 1. The topological polar surface area (TPSA) is 46.3 Å². The van der Waals surface area contributed by atoms with Gasteiger partial charge in [0.15, 0.2) is 0 Å². The molecule has 3 rings (SSSR count). The lowest BCUT2D eigenvalue weighted by Gasteiger charge is -2.38. The Morgan fingerprint density at radius 1 is 1.17 bits per heavy atom. The van der Waals surface area contributed by atoms with Gasteiger partial charge in [-0.3, -0.25) is 4.79 Å². The number of carbonyl (C=O) groups excluding carboxylic acids is 1. The zero-order valence-corrected chi connectivity index (χ0v) is 14.8. The normalized spacial score (nSPS) is 17.6. The fourth-order valence-electron chi connectivity index (χ4n) is 3.40. The van der Waals surface area contributed by atoms with Crippen LogP contribution in [0.4, 0.5) is 0 Å². The molecular formula is C20H25ClN2O. The predicted molar refractivity (Wildman–Crippen MR) is 100 cm³/mol. The summed E-state index contributed by atoms with van der Waals surface area (Å²) < 4.78 is 0. The average molecular weight is 345 g/mol. The minimum atomic E-state index is -0.1000. The summed E-state index contributed by atoms with van der Waals surface area (Å²) in [5.41, 5.74) is 9.74. The summed E-state index contributed by atoms with van der Waals surface area (Å²) in [7, 11) is 0. The van der Waals surface area contributed by atoms with Crippen molar-refractivity contribution in [2.45, 2.75) is 38.3 Å². The van der Waals surface area contributed by atoms with E-state index in [1.807, 2.05) is 17.9 Å². The van der Waals surface area contributed by atoms with Crippen molar-refractivity contribution in [1.82, 2.24) is 4.90 Å². The van der Waals surface area contributed by atoms with Crippen molar-refractivity contribution in [3.05, 3.63) is 71.3 Å². The highest BCUT2D eigenvalue weighted by molar-refractivity contribution is 5.85. The van der Waals surface area contributed by atoms with E-state index in [9.17, 15) is 4.79 Å². The standard InChI is InChI=1S/C20H24N2O.ClH/c1-15(21)13-20(23)22-12-11-17-9-5-6-10-18(17)19(22)14-16-7-3-2-4-8-16;/h2-10,15,19H,11-14,21H2,1H3;1H. The minimum Gasteiger partial charge on any atom is -0.335 e. The number of benzene rings is 2. The molecule has 1 aliphatic heterocycles. The summed E-state index contributed by atoms with van der Waals surface area (Å²) in [5, 5.41) is 0. The lowest BCUT2D eigenvalue weighted by Crippen LogP contribution is -2.42. The number of nitrogens with two attached hydrogens (primary N) is 1. The van der Waals surface area contributed by atoms with Crippen LogP contribution in [-0.4, -0.2) is 23.4 Å². The van der Waals surface area contributed by atoms with Gasteiger partial charge in [-0.05, 0) is 36.5 Å². The number of amides is 1. The first kappa shape index (κ1) is 18.5. The van der Waals surface area contributed by atoms with Gasteiger partial charge in [0.05, 0.1) is 6.04 Å². The molecule has 2 aromatic rings. The Balaban J connectivity index is 0.00000208. The smallest absolute Gasteiger partial charge is 0.224 e. The number of hydrogen-bond acceptors (Lipinski definition) is 2. The van der Waals surface area contributed by atoms with E-state index in [4.69, 9.17) is 5.73 Å². The maximum Gasteiger partial charge on any atom is 0.224 e. The molecular weight excluding hydrogens is 320 g/mol. The van der Waals surface area contributed by atoms with E-state index < -0.39 is 0 Å². The molecule has 2 N–H and O–H groups in total. The third-order valence-corrected chi connectivity index (χ3v) is 4.50. The summed E-state index contributed by atoms with van der Waals surface area (Å²) in [6.45, 7) is 2.67. The first-order valence-corrected chi connectivity index (χ1v) is 8.32. The molecule has 1 aliphatic rings. The van der Waals surface area contributed by atoms with Gasteiger partial charge in [0.1, 0.15) is 0 Å². The van der Waals surface area contributed by atoms with Crippen molar-refractivity contribution in [1.29, 1.82) is 0 Å². The second kappa shape index (κ2) is 8.32. The molecule has 0 spiro atoms. The zero-order valence-electron chi connectivity index (χ0n) is 14.0. The van der Waals surface area contributed by atoms with Crippen LogP contribution in [-0.2, 0) is 17.6 Å². The van der Waals surface area contributed by atoms with Crippen LogP contribution in [0.1, 0.15) is 36.1 Å². The quantitative estimate of drug-likeness (QED) is 0.922. The van der Waals surface area contributed by atoms with Gasteiger partial charge in [0, 0.05) is 19.0 Å². The van der Waals surface area contributed by atoms with E-state index in [2.05, 4.69) is 48.5 Å². The highest BCUT2D eigenvalue weighted by Gasteiger charge is 2.30. The van der Waals surface area contributed by atoms with Gasteiger partial charge in [-0.1, -0.05) is 54.6 Å². The first-order chi connectivity index (χ1) is 11.1. The molecule has 24 heavy (non-hydrogen) atoms. The Morgan fingerprint density at radius 2 is 1.83 bits per heavy atom. The van der Waals surface area contributed by atoms with Crippen molar-refractivity contribution in [3.8, 4) is 0 Å². The maximum absolute atomic E-state index is 12.7. The van der Waals surface area contributed by atoms with Crippen molar-refractivity contribution in [2.24, 2.45) is 5.73 Å². The molecule has 2 unspecified atom stereocenters. The predicted octanol–water partition coefficient (Wildman–Crippen LogP) is 3.51. The zero-order chi connectivity index (χ0) is 16.2. The third kappa shape index (κ3) is 4.16. The van der Waals surface area contributed by atoms with Gasteiger partial charge >= 0.3 is 0 Å². The second-order valence-corrected chi connectivity index (χ2v) is 6.42. The highest BCUT2D eigenvalue weighted by Crippen LogP contribution is 2.33. The van der Waals surface area contributed by atoms with Crippen LogP contribution in [0, 0.1) is 0 Å². The largest absolute Gasteiger partial charge is 0.335 e. The summed E-state index contributed by atoms with van der Waals surface area (Å²) in [4.78, 5) is 14.7. The highest BCUT2D eigenvalue weighted by atomic mass is 35.5. The third-order valence-electron chi connectivity index (χ3n) is 4.50. The molecule has 2 atom stereocenters. The van der Waals surface area contributed by atoms with Crippen molar-refractivity contribution >= 4 is 18.3 Å². The molecule has 128 valence electrons. The van der Waals surface area contributed by atoms with E-state index >= 15 is 0 Å². The number of halogens is 1. The number of rotatable bonds is 4. The number of carbonyl (C=O) groups is 1. The molecule has 4 heteroatoms. The lowest BCUT2D eigenvalue weighted by molar-refractivity contribution is -0.134. The van der Waals surface area contributed by atoms with E-state index in [1.54, 1.807) is 0 Å². The first-order valence-electron chi connectivity index (χ1n) is 8.32. The van der Waals surface area contributed by atoms with E-state index in [-0.39, 0.29) is 30.4 Å². The Bertz CT molecular complexity index is 672. The number of fused-ring (bicyclic) bond motifs is 1. The molecule has 1 amide bonds. The van der Waals surface area contributed by atoms with E-state index in [0.29, 0.717) is 6.42 Å². The van der Waals surface area contributed by atoms with Crippen LogP contribution in [0.3, 0.4) is 0 Å². The van der Waals surface area contributed by atoms with Gasteiger partial charge < -0.3 is 10.6 Å². The molecule has 1 heterocycles. The summed E-state index contributed by atoms with van der Waals surface area (Å²) >= 11 is 0. The van der Waals surface area contributed by atoms with Crippen LogP contribution in [0.5, 0.6) is 0 Å². The summed E-state index contributed by atoms with van der Waals surface area (Å²) in [6, 6.07) is 18.9. The molecule has 0 fully saturated rings. The van der Waals surface area contributed by atoms with Crippen LogP contribution < -0.4 is 5.73 Å². The molecule has 0 radical (unpaired) electrons. The number of nitrogens with zero attached hydrogens (tertiary/aromatic N) is 1. The maximum atomic E-state index is 12.7. The van der Waals surface area contributed by atoms with Crippen molar-refractivity contribution in [2.75, 3.05) is 6.54 Å². The van der Waals surface area contributed by atoms with Gasteiger partial charge in [0.2, 0.25) is 5.91 Å². The molecule has 3 nitrogen and oxygen atoms in total. The summed E-state index contributed by atoms with van der Waals surface area (Å²) in [6.07, 6.45) is 2.18. The molecule has 0 aliphatic carbocycles. The van der Waals surface area contributed by atoms with Crippen molar-refractivity contribution in [3.63, 3.8) is 0 Å². The molecule has 0 bridgehead atoms. The average Bonchev–Trinajstić information content (AvgIpc) is 2.55. The fourth-order valence-corrected chi connectivity index (χ4v) is 3.40. The van der Waals surface area contributed by atoms with Crippen LogP contribution >= 0.6 is 12.4 Å². The second-order valence-electron chi connectivity index (χ2n) is 6.42. The Morgan fingerprint density at radius 3 is 2.54 bits per heavy atom. The lowest BCUT2D eigenvalue weighted by atomic mass is 9.88. The molecule has 0 aromatic heterocycles. The van der Waals surface area contributed by atoms with E-state index in [0.717, 1.165) is 19.4 Å². The van der Waals surface area contributed by atoms with Crippen molar-refractivity contribution < 1.29 is 4.79 Å². The SMILES string of the molecule is CC(N)CC(=O)N1CCc2ccccc2C1Cc1ccccc1.Cl. The van der Waals surface area contributed by atoms with Gasteiger partial charge in [-0.15, -0.1) is 12.4 Å². The van der Waals surface area contributed by atoms with E-state index in [1.165, 1.54) is 16.7 Å². The van der Waals surface area contributed by atoms with Crippen LogP contribution in [0.25, 0.3) is 0 Å². The van der Waals surface area contributed by atoms with Crippen LogP contribution in [0.15, 0.2) is 54.6 Å².